The number of hydrogen-bond donors (Lipinski definition) is 2. The van der Waals surface area contributed by atoms with E-state index in [0.717, 1.165) is 11.3 Å². The molecule has 0 atom stereocenters. The number of aryl methyl sites for hydroxylation is 1. The van der Waals surface area contributed by atoms with Crippen LogP contribution in [0.1, 0.15) is 29.3 Å². The Labute approximate surface area is 152 Å². The molecule has 0 bridgehead atoms. The van der Waals surface area contributed by atoms with Crippen molar-refractivity contribution in [2.45, 2.75) is 20.3 Å². The van der Waals surface area contributed by atoms with Gasteiger partial charge in [0.05, 0.1) is 17.9 Å². The van der Waals surface area contributed by atoms with Gasteiger partial charge in [-0.15, -0.1) is 0 Å². The molecule has 5 nitrogen and oxygen atoms in total. The Morgan fingerprint density at radius 2 is 1.88 bits per heavy atom. The highest BCUT2D eigenvalue weighted by Gasteiger charge is 2.13. The van der Waals surface area contributed by atoms with Gasteiger partial charge in [-0.2, -0.15) is 0 Å². The topological polar surface area (TPSA) is 67.4 Å². The number of ether oxygens (including phenoxy) is 1. The van der Waals surface area contributed by atoms with E-state index in [9.17, 15) is 9.59 Å². The van der Waals surface area contributed by atoms with Crippen LogP contribution in [0.15, 0.2) is 42.5 Å². The van der Waals surface area contributed by atoms with Crippen LogP contribution in [0.4, 0.5) is 11.4 Å². The summed E-state index contributed by atoms with van der Waals surface area (Å²) in [5.74, 6) is -0.644. The Kier molecular flexibility index (Phi) is 6.83. The van der Waals surface area contributed by atoms with E-state index in [-0.39, 0.29) is 18.9 Å². The van der Waals surface area contributed by atoms with Gasteiger partial charge in [0, 0.05) is 23.7 Å². The van der Waals surface area contributed by atoms with Gasteiger partial charge >= 0.3 is 5.97 Å². The number of halogens is 1. The minimum atomic E-state index is -0.453. The third-order valence-corrected chi connectivity index (χ3v) is 3.80. The normalized spacial score (nSPS) is 10.2. The van der Waals surface area contributed by atoms with Crippen LogP contribution in [0.25, 0.3) is 0 Å². The molecule has 0 unspecified atom stereocenters. The van der Waals surface area contributed by atoms with Gasteiger partial charge in [0.25, 0.3) is 0 Å². The van der Waals surface area contributed by atoms with Crippen LogP contribution in [0.2, 0.25) is 5.02 Å². The number of hydrogen-bond acceptors (Lipinski definition) is 4. The van der Waals surface area contributed by atoms with Crippen LogP contribution in [-0.2, 0) is 9.53 Å². The van der Waals surface area contributed by atoms with Crippen molar-refractivity contribution >= 4 is 34.9 Å². The van der Waals surface area contributed by atoms with E-state index in [1.54, 1.807) is 31.2 Å². The lowest BCUT2D eigenvalue weighted by molar-refractivity contribution is -0.115. The molecule has 0 aliphatic heterocycles. The molecule has 0 saturated carbocycles. The average Bonchev–Trinajstić information content (AvgIpc) is 2.58. The van der Waals surface area contributed by atoms with Gasteiger partial charge in [0.1, 0.15) is 0 Å². The Balaban J connectivity index is 1.92. The molecule has 2 rings (SSSR count). The van der Waals surface area contributed by atoms with Crippen molar-refractivity contribution in [2.75, 3.05) is 23.8 Å². The molecular formula is C19H21ClN2O3. The lowest BCUT2D eigenvalue weighted by atomic mass is 10.1. The summed E-state index contributed by atoms with van der Waals surface area (Å²) in [7, 11) is 0. The predicted octanol–water partition coefficient (Wildman–Crippen LogP) is 4.27. The molecule has 6 heteroatoms. The number of rotatable bonds is 7. The molecule has 0 radical (unpaired) electrons. The number of benzene rings is 2. The molecule has 0 fully saturated rings. The van der Waals surface area contributed by atoms with Crippen LogP contribution in [0.3, 0.4) is 0 Å². The zero-order valence-corrected chi connectivity index (χ0v) is 15.0. The van der Waals surface area contributed by atoms with Gasteiger partial charge in [-0.25, -0.2) is 4.79 Å². The minimum Gasteiger partial charge on any atom is -0.462 e. The minimum absolute atomic E-state index is 0.191. The van der Waals surface area contributed by atoms with E-state index >= 15 is 0 Å². The zero-order valence-electron chi connectivity index (χ0n) is 14.3. The summed E-state index contributed by atoms with van der Waals surface area (Å²) in [5.41, 5.74) is 2.74. The molecule has 0 heterocycles. The zero-order chi connectivity index (χ0) is 18.2. The second-order valence-corrected chi connectivity index (χ2v) is 5.89. The van der Waals surface area contributed by atoms with Gasteiger partial charge in [-0.3, -0.25) is 4.79 Å². The standard InChI is InChI=1S/C19H21ClN2O3/c1-3-25-19(24)15-6-4-5-7-16(15)22-18(23)10-11-21-17-12-14(20)9-8-13(17)2/h4-9,12,21H,3,10-11H2,1-2H3,(H,22,23). The number of carbonyl (C=O) groups excluding carboxylic acids is 2. The maximum absolute atomic E-state index is 12.2. The van der Waals surface area contributed by atoms with Crippen molar-refractivity contribution in [1.82, 2.24) is 0 Å². The van der Waals surface area contributed by atoms with E-state index in [0.29, 0.717) is 22.8 Å². The monoisotopic (exact) mass is 360 g/mol. The van der Waals surface area contributed by atoms with Crippen molar-refractivity contribution in [3.05, 3.63) is 58.6 Å². The largest absolute Gasteiger partial charge is 0.462 e. The molecule has 132 valence electrons. The third kappa shape index (κ3) is 5.50. The number of nitrogens with one attached hydrogen (secondary N) is 2. The first-order valence-electron chi connectivity index (χ1n) is 8.07. The molecule has 0 aliphatic carbocycles. The lowest BCUT2D eigenvalue weighted by Crippen LogP contribution is -2.18. The van der Waals surface area contributed by atoms with E-state index in [2.05, 4.69) is 10.6 Å². The van der Waals surface area contributed by atoms with Gasteiger partial charge in [0.2, 0.25) is 5.91 Å². The third-order valence-electron chi connectivity index (χ3n) is 3.56. The number of para-hydroxylation sites is 1. The first-order valence-corrected chi connectivity index (χ1v) is 8.45. The van der Waals surface area contributed by atoms with E-state index in [1.807, 2.05) is 25.1 Å². The molecule has 0 spiro atoms. The molecular weight excluding hydrogens is 340 g/mol. The Bertz CT molecular complexity index is 762. The number of esters is 1. The predicted molar refractivity (Wildman–Crippen MR) is 100 cm³/mol. The number of anilines is 2. The highest BCUT2D eigenvalue weighted by atomic mass is 35.5. The van der Waals surface area contributed by atoms with Gasteiger partial charge < -0.3 is 15.4 Å². The highest BCUT2D eigenvalue weighted by molar-refractivity contribution is 6.30. The van der Waals surface area contributed by atoms with E-state index in [1.165, 1.54) is 0 Å². The fourth-order valence-corrected chi connectivity index (χ4v) is 2.46. The maximum Gasteiger partial charge on any atom is 0.340 e. The molecule has 2 N–H and O–H groups in total. The molecule has 2 aromatic rings. The van der Waals surface area contributed by atoms with Crippen LogP contribution < -0.4 is 10.6 Å². The van der Waals surface area contributed by atoms with Gasteiger partial charge in [-0.05, 0) is 43.7 Å². The first-order chi connectivity index (χ1) is 12.0. The fraction of sp³-hybridized carbons (Fsp3) is 0.263. The summed E-state index contributed by atoms with van der Waals surface area (Å²) < 4.78 is 5.00. The molecule has 2 aromatic carbocycles. The van der Waals surface area contributed by atoms with Gasteiger partial charge in [0.15, 0.2) is 0 Å². The summed E-state index contributed by atoms with van der Waals surface area (Å²) in [5, 5.41) is 6.59. The van der Waals surface area contributed by atoms with Crippen molar-refractivity contribution < 1.29 is 14.3 Å². The van der Waals surface area contributed by atoms with E-state index in [4.69, 9.17) is 16.3 Å². The van der Waals surface area contributed by atoms with Crippen LogP contribution in [0.5, 0.6) is 0 Å². The number of carbonyl (C=O) groups is 2. The van der Waals surface area contributed by atoms with Crippen molar-refractivity contribution in [3.63, 3.8) is 0 Å². The smallest absolute Gasteiger partial charge is 0.340 e. The molecule has 0 aliphatic rings. The molecule has 1 amide bonds. The number of amides is 1. The second kappa shape index (κ2) is 9.08. The molecule has 0 saturated heterocycles. The Morgan fingerprint density at radius 1 is 1.12 bits per heavy atom. The Hall–Kier alpha value is -2.53. The summed E-state index contributed by atoms with van der Waals surface area (Å²) >= 11 is 5.98. The average molecular weight is 361 g/mol. The summed E-state index contributed by atoms with van der Waals surface area (Å²) in [6.45, 7) is 4.44. The molecule has 0 aromatic heterocycles. The summed E-state index contributed by atoms with van der Waals surface area (Å²) in [6.07, 6.45) is 0.253. The van der Waals surface area contributed by atoms with Crippen LogP contribution in [-0.4, -0.2) is 25.0 Å². The highest BCUT2D eigenvalue weighted by Crippen LogP contribution is 2.20. The summed E-state index contributed by atoms with van der Waals surface area (Å²) in [6, 6.07) is 12.4. The second-order valence-electron chi connectivity index (χ2n) is 5.45. The van der Waals surface area contributed by atoms with Crippen molar-refractivity contribution in [3.8, 4) is 0 Å². The first kappa shape index (κ1) is 18.8. The SMILES string of the molecule is CCOC(=O)c1ccccc1NC(=O)CCNc1cc(Cl)ccc1C. The van der Waals surface area contributed by atoms with Crippen LogP contribution >= 0.6 is 11.6 Å². The summed E-state index contributed by atoms with van der Waals surface area (Å²) in [4.78, 5) is 24.1. The van der Waals surface area contributed by atoms with Gasteiger partial charge in [-0.1, -0.05) is 29.8 Å². The maximum atomic E-state index is 12.2. The lowest BCUT2D eigenvalue weighted by Gasteiger charge is -2.12. The van der Waals surface area contributed by atoms with Crippen molar-refractivity contribution in [1.29, 1.82) is 0 Å². The van der Waals surface area contributed by atoms with Crippen molar-refractivity contribution in [2.24, 2.45) is 0 Å². The molecule has 25 heavy (non-hydrogen) atoms. The Morgan fingerprint density at radius 3 is 2.64 bits per heavy atom. The fourth-order valence-electron chi connectivity index (χ4n) is 2.29. The van der Waals surface area contributed by atoms with Crippen LogP contribution in [0, 0.1) is 6.92 Å². The quantitative estimate of drug-likeness (QED) is 0.724. The van der Waals surface area contributed by atoms with E-state index < -0.39 is 5.97 Å².